The molecule has 0 aromatic carbocycles. The highest BCUT2D eigenvalue weighted by atomic mass is 16.5. The molecular formula is C20H26N2O4. The lowest BCUT2D eigenvalue weighted by atomic mass is 9.65. The van der Waals surface area contributed by atoms with Gasteiger partial charge in [0.15, 0.2) is 0 Å². The van der Waals surface area contributed by atoms with E-state index in [-0.39, 0.29) is 24.2 Å². The molecule has 2 aliphatic carbocycles. The van der Waals surface area contributed by atoms with Crippen molar-refractivity contribution in [3.05, 3.63) is 34.9 Å². The van der Waals surface area contributed by atoms with Crippen LogP contribution in [0.4, 0.5) is 0 Å². The number of amides is 3. The van der Waals surface area contributed by atoms with Crippen LogP contribution in [0.1, 0.15) is 46.0 Å². The zero-order valence-corrected chi connectivity index (χ0v) is 15.3. The SMILES string of the molecule is CC1C=CC2=C3C(=CCC(C)C31)C(=O)N(CCCCCC(=O)NO)C2=O. The first-order valence-electron chi connectivity index (χ1n) is 9.37. The third-order valence-corrected chi connectivity index (χ3v) is 5.71. The summed E-state index contributed by atoms with van der Waals surface area (Å²) in [5, 5.41) is 8.48. The van der Waals surface area contributed by atoms with Gasteiger partial charge in [-0.05, 0) is 42.6 Å². The van der Waals surface area contributed by atoms with E-state index in [1.165, 1.54) is 4.90 Å². The van der Waals surface area contributed by atoms with E-state index in [2.05, 4.69) is 19.9 Å². The molecule has 0 aromatic heterocycles. The van der Waals surface area contributed by atoms with E-state index in [1.54, 1.807) is 5.48 Å². The number of nitrogens with zero attached hydrogens (tertiary/aromatic N) is 1. The zero-order valence-electron chi connectivity index (χ0n) is 15.3. The van der Waals surface area contributed by atoms with Crippen LogP contribution in [0, 0.1) is 17.8 Å². The van der Waals surface area contributed by atoms with Crippen molar-refractivity contribution in [3.63, 3.8) is 0 Å². The predicted molar refractivity (Wildman–Crippen MR) is 95.8 cm³/mol. The van der Waals surface area contributed by atoms with Crippen LogP contribution < -0.4 is 5.48 Å². The molecule has 6 nitrogen and oxygen atoms in total. The maximum atomic E-state index is 12.9. The first-order valence-corrected chi connectivity index (χ1v) is 9.37. The van der Waals surface area contributed by atoms with Gasteiger partial charge in [-0.2, -0.15) is 0 Å². The molecule has 1 aliphatic heterocycles. The smallest absolute Gasteiger partial charge is 0.261 e. The normalized spacial score (nSPS) is 27.4. The van der Waals surface area contributed by atoms with Crippen molar-refractivity contribution in [1.29, 1.82) is 0 Å². The Morgan fingerprint density at radius 1 is 1.23 bits per heavy atom. The number of carbonyl (C=O) groups excluding carboxylic acids is 3. The van der Waals surface area contributed by atoms with E-state index < -0.39 is 5.91 Å². The second-order valence-corrected chi connectivity index (χ2v) is 7.51. The quantitative estimate of drug-likeness (QED) is 0.331. The topological polar surface area (TPSA) is 86.7 Å². The fourth-order valence-corrected chi connectivity index (χ4v) is 4.35. The largest absolute Gasteiger partial charge is 0.289 e. The Morgan fingerprint density at radius 3 is 2.73 bits per heavy atom. The molecule has 2 N–H and O–H groups in total. The number of hydrogen-bond donors (Lipinski definition) is 2. The van der Waals surface area contributed by atoms with Crippen LogP contribution in [0.15, 0.2) is 34.9 Å². The second-order valence-electron chi connectivity index (χ2n) is 7.51. The van der Waals surface area contributed by atoms with Crippen molar-refractivity contribution in [3.8, 4) is 0 Å². The summed E-state index contributed by atoms with van der Waals surface area (Å²) in [6.45, 7) is 4.69. The van der Waals surface area contributed by atoms with E-state index in [0.717, 1.165) is 12.0 Å². The molecule has 6 heteroatoms. The minimum atomic E-state index is -0.418. The first kappa shape index (κ1) is 18.6. The fourth-order valence-electron chi connectivity index (χ4n) is 4.35. The minimum Gasteiger partial charge on any atom is -0.289 e. The van der Waals surface area contributed by atoms with Crippen molar-refractivity contribution in [2.75, 3.05) is 6.54 Å². The van der Waals surface area contributed by atoms with Gasteiger partial charge in [0.2, 0.25) is 5.91 Å². The number of rotatable bonds is 6. The lowest BCUT2D eigenvalue weighted by Crippen LogP contribution is -2.47. The number of allylic oxidation sites excluding steroid dienone is 2. The molecule has 3 amide bonds. The molecule has 140 valence electrons. The van der Waals surface area contributed by atoms with Gasteiger partial charge < -0.3 is 0 Å². The molecule has 3 rings (SSSR count). The molecule has 0 aromatic rings. The standard InChI is InChI=1S/C20H26N2O4/c1-12-7-9-14-18-15(10-8-13(2)17(12)18)20(25)22(19(14)24)11-5-3-4-6-16(23)21-26/h7,9-10,12-13,17,26H,3-6,8,11H2,1-2H3,(H,21,23). The average molecular weight is 358 g/mol. The van der Waals surface area contributed by atoms with Gasteiger partial charge in [0, 0.05) is 24.1 Å². The van der Waals surface area contributed by atoms with Gasteiger partial charge in [0.05, 0.1) is 0 Å². The van der Waals surface area contributed by atoms with Gasteiger partial charge >= 0.3 is 0 Å². The number of unbranched alkanes of at least 4 members (excludes halogenated alkanes) is 2. The molecule has 0 saturated carbocycles. The Morgan fingerprint density at radius 2 is 2.00 bits per heavy atom. The molecule has 0 saturated heterocycles. The molecule has 3 atom stereocenters. The maximum Gasteiger partial charge on any atom is 0.261 e. The molecule has 0 spiro atoms. The predicted octanol–water partition coefficient (Wildman–Crippen LogP) is 2.51. The Bertz CT molecular complexity index is 719. The molecule has 3 unspecified atom stereocenters. The van der Waals surface area contributed by atoms with Crippen LogP contribution in [0.3, 0.4) is 0 Å². The minimum absolute atomic E-state index is 0.179. The van der Waals surface area contributed by atoms with Crippen LogP contribution in [0.5, 0.6) is 0 Å². The first-order chi connectivity index (χ1) is 12.5. The highest BCUT2D eigenvalue weighted by Gasteiger charge is 2.44. The summed E-state index contributed by atoms with van der Waals surface area (Å²) in [6, 6.07) is 0. The summed E-state index contributed by atoms with van der Waals surface area (Å²) in [6.07, 6.45) is 9.02. The van der Waals surface area contributed by atoms with E-state index in [4.69, 9.17) is 5.21 Å². The van der Waals surface area contributed by atoms with Crippen LogP contribution in [0.25, 0.3) is 0 Å². The highest BCUT2D eigenvalue weighted by Crippen LogP contribution is 2.46. The van der Waals surface area contributed by atoms with Crippen LogP contribution in [-0.4, -0.2) is 34.4 Å². The Labute approximate surface area is 153 Å². The highest BCUT2D eigenvalue weighted by molar-refractivity contribution is 6.18. The van der Waals surface area contributed by atoms with E-state index >= 15 is 0 Å². The van der Waals surface area contributed by atoms with Crippen molar-refractivity contribution in [1.82, 2.24) is 10.4 Å². The summed E-state index contributed by atoms with van der Waals surface area (Å²) in [7, 11) is 0. The van der Waals surface area contributed by atoms with Crippen LogP contribution >= 0.6 is 0 Å². The Balaban J connectivity index is 1.72. The number of nitrogens with one attached hydrogen (secondary N) is 1. The van der Waals surface area contributed by atoms with Crippen molar-refractivity contribution in [2.45, 2.75) is 46.0 Å². The van der Waals surface area contributed by atoms with Crippen molar-refractivity contribution < 1.29 is 19.6 Å². The number of hydroxylamine groups is 1. The molecule has 0 radical (unpaired) electrons. The summed E-state index contributed by atoms with van der Waals surface area (Å²) < 4.78 is 0. The van der Waals surface area contributed by atoms with Crippen LogP contribution in [-0.2, 0) is 14.4 Å². The molecule has 1 heterocycles. The van der Waals surface area contributed by atoms with Gasteiger partial charge in [-0.25, -0.2) is 5.48 Å². The van der Waals surface area contributed by atoms with E-state index in [9.17, 15) is 14.4 Å². The number of carbonyl (C=O) groups is 3. The summed E-state index contributed by atoms with van der Waals surface area (Å²) in [5.74, 6) is 0.200. The maximum absolute atomic E-state index is 12.9. The second kappa shape index (κ2) is 7.58. The van der Waals surface area contributed by atoms with E-state index in [0.29, 0.717) is 48.8 Å². The molecule has 3 aliphatic rings. The summed E-state index contributed by atoms with van der Waals surface area (Å²) >= 11 is 0. The molecular weight excluding hydrogens is 332 g/mol. The van der Waals surface area contributed by atoms with Crippen LogP contribution in [0.2, 0.25) is 0 Å². The third-order valence-electron chi connectivity index (χ3n) is 5.71. The van der Waals surface area contributed by atoms with Gasteiger partial charge in [-0.1, -0.05) is 38.5 Å². The molecule has 0 fully saturated rings. The summed E-state index contributed by atoms with van der Waals surface area (Å²) in [4.78, 5) is 38.2. The average Bonchev–Trinajstić information content (AvgIpc) is 2.63. The number of hydrogen-bond acceptors (Lipinski definition) is 4. The van der Waals surface area contributed by atoms with Crippen molar-refractivity contribution >= 4 is 17.7 Å². The Hall–Kier alpha value is -2.21. The Kier molecular flexibility index (Phi) is 5.41. The molecule has 0 bridgehead atoms. The number of imide groups is 1. The van der Waals surface area contributed by atoms with E-state index in [1.807, 2.05) is 12.2 Å². The third kappa shape index (κ3) is 3.26. The monoisotopic (exact) mass is 358 g/mol. The van der Waals surface area contributed by atoms with Gasteiger partial charge in [-0.15, -0.1) is 0 Å². The lowest BCUT2D eigenvalue weighted by molar-refractivity contribution is -0.141. The van der Waals surface area contributed by atoms with Gasteiger partial charge in [-0.3, -0.25) is 24.5 Å². The lowest BCUT2D eigenvalue weighted by Gasteiger charge is -2.42. The summed E-state index contributed by atoms with van der Waals surface area (Å²) in [5.41, 5.74) is 3.93. The molecule has 26 heavy (non-hydrogen) atoms. The van der Waals surface area contributed by atoms with Gasteiger partial charge in [0.1, 0.15) is 0 Å². The van der Waals surface area contributed by atoms with Crippen molar-refractivity contribution in [2.24, 2.45) is 17.8 Å². The zero-order chi connectivity index (χ0) is 18.8. The fraction of sp³-hybridized carbons (Fsp3) is 0.550. The van der Waals surface area contributed by atoms with Gasteiger partial charge in [0.25, 0.3) is 11.8 Å².